The van der Waals surface area contributed by atoms with Crippen LogP contribution in [0.5, 0.6) is 0 Å². The molecule has 138 valence electrons. The van der Waals surface area contributed by atoms with E-state index in [1.54, 1.807) is 0 Å². The quantitative estimate of drug-likeness (QED) is 0.717. The van der Waals surface area contributed by atoms with E-state index in [0.29, 0.717) is 25.0 Å². The maximum absolute atomic E-state index is 9.63. The van der Waals surface area contributed by atoms with Gasteiger partial charge in [0, 0.05) is 31.5 Å². The molecule has 0 saturated carbocycles. The van der Waals surface area contributed by atoms with Crippen LogP contribution in [0.25, 0.3) is 0 Å². The topological polar surface area (TPSA) is 58.9 Å². The summed E-state index contributed by atoms with van der Waals surface area (Å²) < 4.78 is 12.4. The van der Waals surface area contributed by atoms with E-state index in [9.17, 15) is 10.2 Å². The van der Waals surface area contributed by atoms with Gasteiger partial charge in [0.25, 0.3) is 0 Å². The van der Waals surface area contributed by atoms with Crippen LogP contribution in [-0.2, 0) is 9.47 Å². The largest absolute Gasteiger partial charge is 0.396 e. The minimum atomic E-state index is -0.0429. The molecule has 0 aromatic carbocycles. The van der Waals surface area contributed by atoms with Gasteiger partial charge in [0.2, 0.25) is 0 Å². The minimum Gasteiger partial charge on any atom is -0.396 e. The van der Waals surface area contributed by atoms with Crippen LogP contribution in [-0.4, -0.2) is 48.8 Å². The molecule has 0 aliphatic carbocycles. The van der Waals surface area contributed by atoms with E-state index in [2.05, 4.69) is 27.7 Å². The Morgan fingerprint density at radius 3 is 2.13 bits per heavy atom. The van der Waals surface area contributed by atoms with E-state index in [1.165, 1.54) is 0 Å². The first-order chi connectivity index (χ1) is 11.0. The van der Waals surface area contributed by atoms with E-state index in [-0.39, 0.29) is 37.3 Å². The van der Waals surface area contributed by atoms with Crippen molar-refractivity contribution in [3.05, 3.63) is 0 Å². The summed E-state index contributed by atoms with van der Waals surface area (Å²) in [6.07, 6.45) is 5.77. The summed E-state index contributed by atoms with van der Waals surface area (Å²) in [5.41, 5.74) is 0. The van der Waals surface area contributed by atoms with Gasteiger partial charge >= 0.3 is 0 Å². The summed E-state index contributed by atoms with van der Waals surface area (Å²) in [7, 11) is 0. The number of aliphatic hydroxyl groups excluding tert-OH is 2. The van der Waals surface area contributed by atoms with Gasteiger partial charge in [-0.1, -0.05) is 40.5 Å². The highest BCUT2D eigenvalue weighted by Crippen LogP contribution is 2.27. The van der Waals surface area contributed by atoms with Crippen LogP contribution in [0.15, 0.2) is 0 Å². The highest BCUT2D eigenvalue weighted by atomic mass is 16.5. The molecule has 1 rings (SSSR count). The molecule has 0 radical (unpaired) electrons. The number of hydrogen-bond acceptors (Lipinski definition) is 4. The molecule has 0 aromatic rings. The minimum absolute atomic E-state index is 0.0412. The summed E-state index contributed by atoms with van der Waals surface area (Å²) in [6, 6.07) is 0. The molecule has 1 aliphatic rings. The summed E-state index contributed by atoms with van der Waals surface area (Å²) in [6.45, 7) is 10.1. The van der Waals surface area contributed by atoms with E-state index < -0.39 is 0 Å². The summed E-state index contributed by atoms with van der Waals surface area (Å²) >= 11 is 0. The first-order valence-electron chi connectivity index (χ1n) is 9.50. The van der Waals surface area contributed by atoms with Gasteiger partial charge in [-0.25, -0.2) is 0 Å². The van der Waals surface area contributed by atoms with Crippen molar-refractivity contribution in [1.29, 1.82) is 0 Å². The molecule has 1 heterocycles. The lowest BCUT2D eigenvalue weighted by atomic mass is 9.91. The molecule has 1 fully saturated rings. The highest BCUT2D eigenvalue weighted by Gasteiger charge is 2.30. The van der Waals surface area contributed by atoms with Crippen LogP contribution in [0, 0.1) is 23.7 Å². The molecule has 4 heteroatoms. The van der Waals surface area contributed by atoms with Crippen LogP contribution >= 0.6 is 0 Å². The molecule has 1 aliphatic heterocycles. The Kier molecular flexibility index (Phi) is 10.4. The Morgan fingerprint density at radius 1 is 1.00 bits per heavy atom. The third kappa shape index (κ3) is 7.08. The fraction of sp³-hybridized carbons (Fsp3) is 1.00. The summed E-state index contributed by atoms with van der Waals surface area (Å²) in [5.74, 6) is 1.04. The van der Waals surface area contributed by atoms with E-state index in [4.69, 9.17) is 9.47 Å². The van der Waals surface area contributed by atoms with Crippen molar-refractivity contribution in [3.63, 3.8) is 0 Å². The summed E-state index contributed by atoms with van der Waals surface area (Å²) in [4.78, 5) is 0. The van der Waals surface area contributed by atoms with Gasteiger partial charge < -0.3 is 19.7 Å². The zero-order chi connectivity index (χ0) is 17.2. The summed E-state index contributed by atoms with van der Waals surface area (Å²) in [5, 5.41) is 19.3. The Balaban J connectivity index is 2.82. The third-order valence-corrected chi connectivity index (χ3v) is 5.44. The monoisotopic (exact) mass is 330 g/mol. The van der Waals surface area contributed by atoms with Crippen molar-refractivity contribution in [2.45, 2.75) is 72.0 Å². The first kappa shape index (κ1) is 20.9. The van der Waals surface area contributed by atoms with E-state index >= 15 is 0 Å². The number of ether oxygens (including phenoxy) is 2. The average molecular weight is 331 g/mol. The highest BCUT2D eigenvalue weighted by molar-refractivity contribution is 4.78. The van der Waals surface area contributed by atoms with Crippen LogP contribution in [0.3, 0.4) is 0 Å². The maximum atomic E-state index is 9.63. The SMILES string of the molecule is CCCC(C)C1CC(CC(C)CC)OCC(CO)C(CO)CO1. The van der Waals surface area contributed by atoms with Gasteiger partial charge in [-0.15, -0.1) is 0 Å². The average Bonchev–Trinajstić information content (AvgIpc) is 2.63. The molecule has 0 aromatic heterocycles. The van der Waals surface area contributed by atoms with Gasteiger partial charge in [-0.2, -0.15) is 0 Å². The standard InChI is InChI=1S/C19H38O4/c1-5-7-15(4)19-9-18(8-14(3)6-2)22-12-16(10-20)17(11-21)13-23-19/h14-21H,5-13H2,1-4H3. The van der Waals surface area contributed by atoms with Gasteiger partial charge in [0.05, 0.1) is 25.4 Å². The van der Waals surface area contributed by atoms with Crippen LogP contribution < -0.4 is 0 Å². The lowest BCUT2D eigenvalue weighted by molar-refractivity contribution is -0.0381. The molecule has 0 amide bonds. The predicted octanol–water partition coefficient (Wildman–Crippen LogP) is 3.25. The lowest BCUT2D eigenvalue weighted by Gasteiger charge is -2.29. The molecule has 6 atom stereocenters. The van der Waals surface area contributed by atoms with Crippen molar-refractivity contribution in [1.82, 2.24) is 0 Å². The number of hydrogen-bond donors (Lipinski definition) is 2. The molecule has 4 nitrogen and oxygen atoms in total. The van der Waals surface area contributed by atoms with Crippen molar-refractivity contribution in [3.8, 4) is 0 Å². The lowest BCUT2D eigenvalue weighted by Crippen LogP contribution is -2.31. The Hall–Kier alpha value is -0.160. The van der Waals surface area contributed by atoms with Gasteiger partial charge in [-0.05, 0) is 24.7 Å². The zero-order valence-electron chi connectivity index (χ0n) is 15.5. The van der Waals surface area contributed by atoms with Crippen LogP contribution in [0.2, 0.25) is 0 Å². The first-order valence-corrected chi connectivity index (χ1v) is 9.50. The fourth-order valence-corrected chi connectivity index (χ4v) is 3.40. The maximum Gasteiger partial charge on any atom is 0.0625 e. The number of rotatable bonds is 8. The molecule has 6 unspecified atom stereocenters. The smallest absolute Gasteiger partial charge is 0.0625 e. The van der Waals surface area contributed by atoms with Crippen molar-refractivity contribution in [2.24, 2.45) is 23.7 Å². The zero-order valence-corrected chi connectivity index (χ0v) is 15.5. The molecular formula is C19H38O4. The molecule has 0 bridgehead atoms. The molecule has 2 N–H and O–H groups in total. The van der Waals surface area contributed by atoms with Gasteiger partial charge in [0.15, 0.2) is 0 Å². The molecule has 23 heavy (non-hydrogen) atoms. The van der Waals surface area contributed by atoms with Crippen molar-refractivity contribution < 1.29 is 19.7 Å². The van der Waals surface area contributed by atoms with Gasteiger partial charge in [-0.3, -0.25) is 0 Å². The number of aliphatic hydroxyl groups is 2. The second-order valence-electron chi connectivity index (χ2n) is 7.46. The Bertz CT molecular complexity index is 297. The third-order valence-electron chi connectivity index (χ3n) is 5.44. The Labute approximate surface area is 142 Å². The van der Waals surface area contributed by atoms with Crippen molar-refractivity contribution in [2.75, 3.05) is 26.4 Å². The Morgan fingerprint density at radius 2 is 1.61 bits per heavy atom. The predicted molar refractivity (Wildman–Crippen MR) is 93.4 cm³/mol. The van der Waals surface area contributed by atoms with E-state index in [0.717, 1.165) is 32.1 Å². The van der Waals surface area contributed by atoms with Gasteiger partial charge in [0.1, 0.15) is 0 Å². The fourth-order valence-electron chi connectivity index (χ4n) is 3.40. The van der Waals surface area contributed by atoms with Crippen LogP contribution in [0.1, 0.15) is 59.8 Å². The molecular weight excluding hydrogens is 292 g/mol. The molecule has 1 saturated heterocycles. The second-order valence-corrected chi connectivity index (χ2v) is 7.46. The van der Waals surface area contributed by atoms with Crippen molar-refractivity contribution >= 4 is 0 Å². The van der Waals surface area contributed by atoms with Crippen LogP contribution in [0.4, 0.5) is 0 Å². The normalized spacial score (nSPS) is 32.6. The molecule has 0 spiro atoms. The second kappa shape index (κ2) is 11.4. The van der Waals surface area contributed by atoms with E-state index in [1.807, 2.05) is 0 Å².